The van der Waals surface area contributed by atoms with Crippen molar-refractivity contribution in [3.8, 4) is 5.75 Å². The number of nitrogens with one attached hydrogen (secondary N) is 2. The Labute approximate surface area is 116 Å². The first-order valence-electron chi connectivity index (χ1n) is 6.28. The highest BCUT2D eigenvalue weighted by Crippen LogP contribution is 2.26. The van der Waals surface area contributed by atoms with Crippen LogP contribution in [0.25, 0.3) is 0 Å². The van der Waals surface area contributed by atoms with Crippen LogP contribution in [0.5, 0.6) is 5.75 Å². The van der Waals surface area contributed by atoms with E-state index < -0.39 is 0 Å². The van der Waals surface area contributed by atoms with Gasteiger partial charge in [-0.1, -0.05) is 18.2 Å². The fourth-order valence-corrected chi connectivity index (χ4v) is 1.98. The van der Waals surface area contributed by atoms with Crippen LogP contribution in [0.3, 0.4) is 0 Å². The van der Waals surface area contributed by atoms with E-state index in [1.165, 1.54) is 0 Å². The molecule has 0 bridgehead atoms. The zero-order valence-corrected chi connectivity index (χ0v) is 10.8. The molecular formula is C15H14N2O3. The Bertz CT molecular complexity index is 614. The second-order valence-electron chi connectivity index (χ2n) is 4.38. The van der Waals surface area contributed by atoms with Crippen molar-refractivity contribution in [3.05, 3.63) is 54.1 Å². The van der Waals surface area contributed by atoms with E-state index in [4.69, 9.17) is 9.47 Å². The molecule has 2 amide bonds. The Morgan fingerprint density at radius 2 is 1.80 bits per heavy atom. The second-order valence-corrected chi connectivity index (χ2v) is 4.38. The van der Waals surface area contributed by atoms with Gasteiger partial charge in [-0.05, 0) is 30.3 Å². The van der Waals surface area contributed by atoms with Gasteiger partial charge in [0.1, 0.15) is 5.75 Å². The Balaban J connectivity index is 1.67. The molecule has 0 radical (unpaired) electrons. The van der Waals surface area contributed by atoms with Crippen molar-refractivity contribution in [1.29, 1.82) is 0 Å². The fraction of sp³-hybridized carbons (Fsp3) is 0.133. The molecule has 0 fully saturated rings. The van der Waals surface area contributed by atoms with Crippen molar-refractivity contribution in [3.63, 3.8) is 0 Å². The van der Waals surface area contributed by atoms with Crippen LogP contribution in [0.2, 0.25) is 0 Å². The normalized spacial score (nSPS) is 13.0. The minimum atomic E-state index is -0.284. The van der Waals surface area contributed by atoms with Gasteiger partial charge in [0.2, 0.25) is 0 Å². The molecule has 0 unspecified atom stereocenters. The van der Waals surface area contributed by atoms with Gasteiger partial charge < -0.3 is 20.1 Å². The summed E-state index contributed by atoms with van der Waals surface area (Å²) in [6.45, 7) is 0.763. The Morgan fingerprint density at radius 3 is 2.65 bits per heavy atom. The number of anilines is 2. The van der Waals surface area contributed by atoms with Crippen LogP contribution in [0.15, 0.2) is 48.5 Å². The molecular weight excluding hydrogens is 256 g/mol. The molecule has 0 aromatic heterocycles. The molecule has 5 heteroatoms. The Hall–Kier alpha value is -2.53. The highest BCUT2D eigenvalue weighted by molar-refractivity contribution is 5.99. The van der Waals surface area contributed by atoms with Gasteiger partial charge in [-0.15, -0.1) is 0 Å². The van der Waals surface area contributed by atoms with E-state index >= 15 is 0 Å². The van der Waals surface area contributed by atoms with Gasteiger partial charge in [-0.3, -0.25) is 0 Å². The molecule has 1 aliphatic heterocycles. The highest BCUT2D eigenvalue weighted by Gasteiger charge is 2.11. The summed E-state index contributed by atoms with van der Waals surface area (Å²) < 4.78 is 10.5. The quantitative estimate of drug-likeness (QED) is 0.881. The highest BCUT2D eigenvalue weighted by atomic mass is 16.7. The van der Waals surface area contributed by atoms with E-state index in [1.807, 2.05) is 42.5 Å². The van der Waals surface area contributed by atoms with E-state index in [0.29, 0.717) is 12.3 Å². The summed E-state index contributed by atoms with van der Waals surface area (Å²) in [4.78, 5) is 11.9. The van der Waals surface area contributed by atoms with Gasteiger partial charge in [-0.2, -0.15) is 0 Å². The van der Waals surface area contributed by atoms with Gasteiger partial charge in [-0.25, -0.2) is 4.79 Å². The smallest absolute Gasteiger partial charge is 0.323 e. The van der Waals surface area contributed by atoms with Crippen molar-refractivity contribution >= 4 is 17.4 Å². The van der Waals surface area contributed by atoms with E-state index in [-0.39, 0.29) is 12.8 Å². The Kier molecular flexibility index (Phi) is 3.52. The summed E-state index contributed by atoms with van der Waals surface area (Å²) in [6.07, 6.45) is 0. The summed E-state index contributed by atoms with van der Waals surface area (Å²) >= 11 is 0. The van der Waals surface area contributed by atoms with Crippen molar-refractivity contribution in [2.24, 2.45) is 0 Å². The molecule has 1 aliphatic rings. The van der Waals surface area contributed by atoms with Gasteiger partial charge in [0.15, 0.2) is 6.79 Å². The number of carbonyl (C=O) groups is 1. The number of hydrogen-bond donors (Lipinski definition) is 2. The third kappa shape index (κ3) is 2.89. The predicted molar refractivity (Wildman–Crippen MR) is 75.8 cm³/mol. The number of carbonyl (C=O) groups excluding carboxylic acids is 1. The number of benzene rings is 2. The van der Waals surface area contributed by atoms with Crippen LogP contribution in [0.4, 0.5) is 16.2 Å². The number of hydrogen-bond acceptors (Lipinski definition) is 3. The first kappa shape index (κ1) is 12.5. The standard InChI is InChI=1S/C15H14N2O3/c18-15(16-12-4-2-1-3-5-12)17-13-6-7-14-11(8-13)9-19-10-20-14/h1-8H,9-10H2,(H2,16,17,18). The second kappa shape index (κ2) is 5.63. The summed E-state index contributed by atoms with van der Waals surface area (Å²) in [5.41, 5.74) is 2.37. The molecule has 2 N–H and O–H groups in total. The number of para-hydroxylation sites is 1. The topological polar surface area (TPSA) is 59.6 Å². The molecule has 1 heterocycles. The van der Waals surface area contributed by atoms with Gasteiger partial charge >= 0.3 is 6.03 Å². The summed E-state index contributed by atoms with van der Waals surface area (Å²) in [5, 5.41) is 5.54. The maximum atomic E-state index is 11.9. The molecule has 0 atom stereocenters. The van der Waals surface area contributed by atoms with Crippen LogP contribution in [0.1, 0.15) is 5.56 Å². The predicted octanol–water partition coefficient (Wildman–Crippen LogP) is 3.20. The lowest BCUT2D eigenvalue weighted by Gasteiger charge is -2.18. The lowest BCUT2D eigenvalue weighted by molar-refractivity contribution is -0.0163. The fourth-order valence-electron chi connectivity index (χ4n) is 1.98. The van der Waals surface area contributed by atoms with E-state index in [2.05, 4.69) is 10.6 Å². The summed E-state index contributed by atoms with van der Waals surface area (Å²) in [5.74, 6) is 0.797. The molecule has 2 aromatic rings. The molecule has 0 spiro atoms. The molecule has 0 saturated heterocycles. The molecule has 2 aromatic carbocycles. The van der Waals surface area contributed by atoms with E-state index in [1.54, 1.807) is 6.07 Å². The monoisotopic (exact) mass is 270 g/mol. The maximum absolute atomic E-state index is 11.9. The first-order chi connectivity index (χ1) is 9.81. The van der Waals surface area contributed by atoms with Crippen LogP contribution in [-0.4, -0.2) is 12.8 Å². The molecule has 5 nitrogen and oxygen atoms in total. The van der Waals surface area contributed by atoms with E-state index in [0.717, 1.165) is 17.0 Å². The van der Waals surface area contributed by atoms with Crippen molar-refractivity contribution in [2.45, 2.75) is 6.61 Å². The van der Waals surface area contributed by atoms with Crippen LogP contribution >= 0.6 is 0 Å². The van der Waals surface area contributed by atoms with E-state index in [9.17, 15) is 4.79 Å². The molecule has 0 aliphatic carbocycles. The van der Waals surface area contributed by atoms with Crippen molar-refractivity contribution in [1.82, 2.24) is 0 Å². The molecule has 0 saturated carbocycles. The molecule has 102 valence electrons. The number of rotatable bonds is 2. The minimum Gasteiger partial charge on any atom is -0.467 e. The minimum absolute atomic E-state index is 0.272. The van der Waals surface area contributed by atoms with Crippen LogP contribution in [0, 0.1) is 0 Å². The zero-order valence-electron chi connectivity index (χ0n) is 10.8. The number of urea groups is 1. The zero-order chi connectivity index (χ0) is 13.8. The number of ether oxygens (including phenoxy) is 2. The maximum Gasteiger partial charge on any atom is 0.323 e. The van der Waals surface area contributed by atoms with Gasteiger partial charge in [0.05, 0.1) is 6.61 Å². The largest absolute Gasteiger partial charge is 0.467 e. The third-order valence-corrected chi connectivity index (χ3v) is 2.91. The third-order valence-electron chi connectivity index (χ3n) is 2.91. The SMILES string of the molecule is O=C(Nc1ccccc1)Nc1ccc2c(c1)COCO2. The van der Waals surface area contributed by atoms with Crippen LogP contribution in [-0.2, 0) is 11.3 Å². The van der Waals surface area contributed by atoms with Gasteiger partial charge in [0, 0.05) is 16.9 Å². The summed E-state index contributed by atoms with van der Waals surface area (Å²) in [6, 6.07) is 14.5. The molecule has 20 heavy (non-hydrogen) atoms. The lowest BCUT2D eigenvalue weighted by atomic mass is 10.2. The van der Waals surface area contributed by atoms with Crippen molar-refractivity contribution in [2.75, 3.05) is 17.4 Å². The summed E-state index contributed by atoms with van der Waals surface area (Å²) in [7, 11) is 0. The number of amides is 2. The molecule has 3 rings (SSSR count). The van der Waals surface area contributed by atoms with Crippen LogP contribution < -0.4 is 15.4 Å². The first-order valence-corrected chi connectivity index (χ1v) is 6.28. The number of fused-ring (bicyclic) bond motifs is 1. The Morgan fingerprint density at radius 1 is 1.00 bits per heavy atom. The average Bonchev–Trinajstić information content (AvgIpc) is 2.48. The van der Waals surface area contributed by atoms with Gasteiger partial charge in [0.25, 0.3) is 0 Å². The van der Waals surface area contributed by atoms with Crippen molar-refractivity contribution < 1.29 is 14.3 Å². The lowest BCUT2D eigenvalue weighted by Crippen LogP contribution is -2.20. The average molecular weight is 270 g/mol.